The Bertz CT molecular complexity index is 924. The Hall–Kier alpha value is -2.62. The van der Waals surface area contributed by atoms with Crippen LogP contribution in [0.15, 0.2) is 54.1 Å². The van der Waals surface area contributed by atoms with Crippen LogP contribution in [0.3, 0.4) is 0 Å². The van der Waals surface area contributed by atoms with Crippen molar-refractivity contribution in [2.75, 3.05) is 0 Å². The maximum atomic E-state index is 13.5. The molecule has 1 aliphatic carbocycles. The van der Waals surface area contributed by atoms with Crippen molar-refractivity contribution in [2.24, 2.45) is 10.8 Å². The number of rotatable bonds is 6. The summed E-state index contributed by atoms with van der Waals surface area (Å²) in [7, 11) is 0. The zero-order valence-electron chi connectivity index (χ0n) is 19.2. The molecule has 1 saturated carbocycles. The van der Waals surface area contributed by atoms with Crippen LogP contribution in [-0.4, -0.2) is 5.97 Å². The Kier molecular flexibility index (Phi) is 6.88. The molecule has 0 heterocycles. The lowest BCUT2D eigenvalue weighted by Gasteiger charge is -2.48. The summed E-state index contributed by atoms with van der Waals surface area (Å²) in [6.45, 7) is 11.1. The Morgan fingerprint density at radius 3 is 2.32 bits per heavy atom. The minimum atomic E-state index is -0.373. The summed E-state index contributed by atoms with van der Waals surface area (Å²) in [5, 5.41) is 0. The van der Waals surface area contributed by atoms with Crippen molar-refractivity contribution >= 4 is 12.0 Å². The molecule has 2 aromatic rings. The van der Waals surface area contributed by atoms with E-state index in [1.807, 2.05) is 31.2 Å². The predicted octanol–water partition coefficient (Wildman–Crippen LogP) is 7.48. The molecule has 0 aliphatic heterocycles. The van der Waals surface area contributed by atoms with Gasteiger partial charge in [0.2, 0.25) is 0 Å². The average Bonchev–Trinajstić information content (AvgIpc) is 2.67. The lowest BCUT2D eigenvalue weighted by molar-refractivity contribution is -0.213. The quantitative estimate of drug-likeness (QED) is 0.356. The molecule has 0 N–H and O–H groups in total. The SMILES string of the molecule is CCCC(=O)OOc1ccc(C=C2CC(C)(C)CC(C)(C)C2c2ccc(F)cc2)cc1. The molecule has 0 radical (unpaired) electrons. The fourth-order valence-corrected chi connectivity index (χ4v) is 5.18. The van der Waals surface area contributed by atoms with Crippen molar-refractivity contribution in [3.63, 3.8) is 0 Å². The summed E-state index contributed by atoms with van der Waals surface area (Å²) in [6.07, 6.45) is 5.36. The second kappa shape index (κ2) is 9.25. The largest absolute Gasteiger partial charge is 0.355 e. The molecule has 3 rings (SSSR count). The lowest BCUT2D eigenvalue weighted by atomic mass is 9.56. The molecular weight excluding hydrogens is 391 g/mol. The summed E-state index contributed by atoms with van der Waals surface area (Å²) in [5.41, 5.74) is 3.78. The van der Waals surface area contributed by atoms with Crippen LogP contribution in [0.4, 0.5) is 4.39 Å². The van der Waals surface area contributed by atoms with E-state index in [1.54, 1.807) is 24.3 Å². The van der Waals surface area contributed by atoms with Gasteiger partial charge in [0.15, 0.2) is 5.75 Å². The van der Waals surface area contributed by atoms with Gasteiger partial charge in [0.1, 0.15) is 5.82 Å². The zero-order valence-corrected chi connectivity index (χ0v) is 19.2. The van der Waals surface area contributed by atoms with Gasteiger partial charge in [-0.1, -0.05) is 70.5 Å². The summed E-state index contributed by atoms with van der Waals surface area (Å²) >= 11 is 0. The minimum Gasteiger partial charge on any atom is -0.287 e. The molecule has 0 aromatic heterocycles. The number of carbonyl (C=O) groups excluding carboxylic acids is 1. The molecule has 0 spiro atoms. The average molecular weight is 425 g/mol. The van der Waals surface area contributed by atoms with E-state index in [2.05, 4.69) is 33.8 Å². The van der Waals surface area contributed by atoms with E-state index in [1.165, 1.54) is 5.57 Å². The molecule has 31 heavy (non-hydrogen) atoms. The number of carbonyl (C=O) groups is 1. The Morgan fingerprint density at radius 1 is 1.06 bits per heavy atom. The van der Waals surface area contributed by atoms with Crippen LogP contribution in [0.2, 0.25) is 0 Å². The van der Waals surface area contributed by atoms with E-state index in [0.717, 1.165) is 30.4 Å². The molecule has 0 saturated heterocycles. The van der Waals surface area contributed by atoms with E-state index >= 15 is 0 Å². The maximum Gasteiger partial charge on any atom is 0.355 e. The third kappa shape index (κ3) is 5.96. The Labute approximate surface area is 185 Å². The van der Waals surface area contributed by atoms with Gasteiger partial charge in [0.05, 0.1) is 0 Å². The second-order valence-corrected chi connectivity index (χ2v) is 10.1. The molecule has 4 heteroatoms. The highest BCUT2D eigenvalue weighted by molar-refractivity contribution is 5.68. The standard InChI is InChI=1S/C27H33FO3/c1-6-7-24(29)31-30-23-14-8-19(9-15-23)16-21-17-26(2,3)18-27(4,5)25(21)20-10-12-22(28)13-11-20/h8-16,25H,6-7,17-18H2,1-5H3. The first-order chi connectivity index (χ1) is 14.6. The van der Waals surface area contributed by atoms with Gasteiger partial charge in [-0.3, -0.25) is 9.78 Å². The van der Waals surface area contributed by atoms with Crippen molar-refractivity contribution in [2.45, 2.75) is 66.2 Å². The van der Waals surface area contributed by atoms with Crippen molar-refractivity contribution in [1.29, 1.82) is 0 Å². The Balaban J connectivity index is 1.87. The number of halogens is 1. The van der Waals surface area contributed by atoms with Gasteiger partial charge in [-0.15, -0.1) is 0 Å². The topological polar surface area (TPSA) is 35.5 Å². The number of allylic oxidation sites excluding steroid dienone is 1. The van der Waals surface area contributed by atoms with Gasteiger partial charge in [-0.05, 0) is 65.5 Å². The normalized spacial score (nSPS) is 21.0. The fraction of sp³-hybridized carbons (Fsp3) is 0.444. The van der Waals surface area contributed by atoms with Gasteiger partial charge in [0.25, 0.3) is 0 Å². The van der Waals surface area contributed by atoms with Crippen LogP contribution < -0.4 is 4.89 Å². The maximum absolute atomic E-state index is 13.5. The van der Waals surface area contributed by atoms with Gasteiger partial charge in [-0.25, -0.2) is 9.18 Å². The molecule has 1 aliphatic rings. The van der Waals surface area contributed by atoms with Gasteiger partial charge < -0.3 is 0 Å². The van der Waals surface area contributed by atoms with Crippen LogP contribution in [0.25, 0.3) is 6.08 Å². The molecule has 1 unspecified atom stereocenters. The lowest BCUT2D eigenvalue weighted by Crippen LogP contribution is -2.36. The summed E-state index contributed by atoms with van der Waals surface area (Å²) in [6, 6.07) is 14.5. The van der Waals surface area contributed by atoms with Gasteiger partial charge in [0, 0.05) is 12.3 Å². The van der Waals surface area contributed by atoms with Gasteiger partial charge >= 0.3 is 5.97 Å². The summed E-state index contributed by atoms with van der Waals surface area (Å²) < 4.78 is 13.5. The molecule has 166 valence electrons. The second-order valence-electron chi connectivity index (χ2n) is 10.1. The third-order valence-electron chi connectivity index (χ3n) is 5.89. The molecule has 1 atom stereocenters. The van der Waals surface area contributed by atoms with E-state index in [-0.39, 0.29) is 28.5 Å². The molecule has 0 bridgehead atoms. The number of benzene rings is 2. The first-order valence-corrected chi connectivity index (χ1v) is 11.0. The smallest absolute Gasteiger partial charge is 0.287 e. The van der Waals surface area contributed by atoms with Crippen molar-refractivity contribution in [3.05, 3.63) is 71.0 Å². The van der Waals surface area contributed by atoms with E-state index in [9.17, 15) is 9.18 Å². The van der Waals surface area contributed by atoms with Crippen LogP contribution in [-0.2, 0) is 9.68 Å². The van der Waals surface area contributed by atoms with Crippen LogP contribution in [0.1, 0.15) is 77.3 Å². The van der Waals surface area contributed by atoms with Crippen molar-refractivity contribution in [1.82, 2.24) is 0 Å². The van der Waals surface area contributed by atoms with E-state index in [0.29, 0.717) is 12.2 Å². The third-order valence-corrected chi connectivity index (χ3v) is 5.89. The molecule has 0 amide bonds. The molecular formula is C27H33FO3. The van der Waals surface area contributed by atoms with Crippen LogP contribution in [0, 0.1) is 16.6 Å². The highest BCUT2D eigenvalue weighted by Gasteiger charge is 2.43. The first-order valence-electron chi connectivity index (χ1n) is 11.0. The van der Waals surface area contributed by atoms with Gasteiger partial charge in [-0.2, -0.15) is 0 Å². The highest BCUT2D eigenvalue weighted by atomic mass is 19.1. The van der Waals surface area contributed by atoms with Crippen LogP contribution in [0.5, 0.6) is 5.75 Å². The Morgan fingerprint density at radius 2 is 1.71 bits per heavy atom. The number of hydrogen-bond acceptors (Lipinski definition) is 3. The minimum absolute atomic E-state index is 0.0436. The summed E-state index contributed by atoms with van der Waals surface area (Å²) in [5.74, 6) is 0.124. The fourth-order valence-electron chi connectivity index (χ4n) is 5.18. The first kappa shape index (κ1) is 23.1. The number of hydrogen-bond donors (Lipinski definition) is 0. The van der Waals surface area contributed by atoms with Crippen LogP contribution >= 0.6 is 0 Å². The highest BCUT2D eigenvalue weighted by Crippen LogP contribution is 2.56. The zero-order chi connectivity index (χ0) is 22.6. The predicted molar refractivity (Wildman–Crippen MR) is 122 cm³/mol. The van der Waals surface area contributed by atoms with Crippen molar-refractivity contribution in [3.8, 4) is 5.75 Å². The molecule has 3 nitrogen and oxygen atoms in total. The van der Waals surface area contributed by atoms with E-state index < -0.39 is 0 Å². The van der Waals surface area contributed by atoms with Crippen molar-refractivity contribution < 1.29 is 19.0 Å². The molecule has 1 fully saturated rings. The van der Waals surface area contributed by atoms with E-state index in [4.69, 9.17) is 9.78 Å². The molecule has 2 aromatic carbocycles. The monoisotopic (exact) mass is 424 g/mol. The summed E-state index contributed by atoms with van der Waals surface area (Å²) in [4.78, 5) is 21.4.